The molecule has 5 rings (SSSR count). The number of rotatable bonds is 2. The van der Waals surface area contributed by atoms with Crippen molar-refractivity contribution in [1.29, 1.82) is 0 Å². The minimum absolute atomic E-state index is 0.155. The predicted molar refractivity (Wildman–Crippen MR) is 114 cm³/mol. The second kappa shape index (κ2) is 7.11. The van der Waals surface area contributed by atoms with Crippen molar-refractivity contribution in [3.8, 4) is 16.9 Å². The molecule has 30 heavy (non-hydrogen) atoms. The zero-order chi connectivity index (χ0) is 20.8. The monoisotopic (exact) mass is 417 g/mol. The van der Waals surface area contributed by atoms with Gasteiger partial charge in [-0.2, -0.15) is 0 Å². The number of hydrogen-bond donors (Lipinski definition) is 0. The number of pyridine rings is 1. The van der Waals surface area contributed by atoms with Crippen LogP contribution in [0.15, 0.2) is 70.0 Å². The number of esters is 1. The number of carbonyl (C=O) groups is 1. The highest BCUT2D eigenvalue weighted by Gasteiger charge is 2.34. The van der Waals surface area contributed by atoms with E-state index in [2.05, 4.69) is 4.98 Å². The van der Waals surface area contributed by atoms with E-state index in [0.717, 1.165) is 22.3 Å². The first kappa shape index (κ1) is 18.6. The van der Waals surface area contributed by atoms with Crippen molar-refractivity contribution in [2.45, 2.75) is 19.3 Å². The van der Waals surface area contributed by atoms with Gasteiger partial charge in [0.2, 0.25) is 0 Å². The van der Waals surface area contributed by atoms with Crippen molar-refractivity contribution in [1.82, 2.24) is 4.98 Å². The van der Waals surface area contributed by atoms with Gasteiger partial charge in [0.15, 0.2) is 0 Å². The number of halogens is 1. The van der Waals surface area contributed by atoms with Gasteiger partial charge >= 0.3 is 11.6 Å². The van der Waals surface area contributed by atoms with Gasteiger partial charge in [-0.25, -0.2) is 9.78 Å². The summed E-state index contributed by atoms with van der Waals surface area (Å²) in [7, 11) is 0. The third kappa shape index (κ3) is 2.99. The van der Waals surface area contributed by atoms with Crippen LogP contribution in [0.4, 0.5) is 0 Å². The van der Waals surface area contributed by atoms with E-state index in [4.69, 9.17) is 20.8 Å². The Bertz CT molecular complexity index is 1360. The van der Waals surface area contributed by atoms with E-state index in [1.165, 1.54) is 6.07 Å². The zero-order valence-corrected chi connectivity index (χ0v) is 16.8. The maximum atomic E-state index is 12.6. The molecule has 0 spiro atoms. The van der Waals surface area contributed by atoms with Crippen LogP contribution >= 0.6 is 11.6 Å². The van der Waals surface area contributed by atoms with Crippen molar-refractivity contribution < 1.29 is 13.9 Å². The molecule has 3 heterocycles. The van der Waals surface area contributed by atoms with Crippen molar-refractivity contribution in [2.24, 2.45) is 0 Å². The highest BCUT2D eigenvalue weighted by Crippen LogP contribution is 2.47. The number of carbonyl (C=O) groups excluding carboxylic acids is 1. The molecular formula is C24H16ClNO4. The van der Waals surface area contributed by atoms with Gasteiger partial charge in [0.1, 0.15) is 16.5 Å². The van der Waals surface area contributed by atoms with Gasteiger partial charge in [-0.15, -0.1) is 0 Å². The second-order valence-electron chi connectivity index (χ2n) is 7.27. The number of benzene rings is 2. The van der Waals surface area contributed by atoms with E-state index in [0.29, 0.717) is 27.4 Å². The first-order valence-electron chi connectivity index (χ1n) is 9.51. The van der Waals surface area contributed by atoms with E-state index >= 15 is 0 Å². The molecule has 0 N–H and O–H groups in total. The summed E-state index contributed by atoms with van der Waals surface area (Å²) in [4.78, 5) is 29.0. The van der Waals surface area contributed by atoms with Gasteiger partial charge in [0, 0.05) is 29.3 Å². The lowest BCUT2D eigenvalue weighted by atomic mass is 9.83. The van der Waals surface area contributed by atoms with Crippen LogP contribution in [0.5, 0.6) is 5.75 Å². The Kier molecular flexibility index (Phi) is 4.40. The third-order valence-corrected chi connectivity index (χ3v) is 5.73. The fourth-order valence-corrected chi connectivity index (χ4v) is 4.42. The number of aryl methyl sites for hydroxylation is 1. The maximum Gasteiger partial charge on any atom is 0.336 e. The number of aromatic nitrogens is 1. The minimum Gasteiger partial charge on any atom is -0.425 e. The molecule has 0 amide bonds. The second-order valence-corrected chi connectivity index (χ2v) is 7.63. The molecule has 5 nitrogen and oxygen atoms in total. The Labute approximate surface area is 176 Å². The fraction of sp³-hybridized carbons (Fsp3) is 0.125. The van der Waals surface area contributed by atoms with Crippen LogP contribution in [-0.2, 0) is 4.79 Å². The number of ether oxygens (including phenoxy) is 1. The van der Waals surface area contributed by atoms with Gasteiger partial charge in [-0.1, -0.05) is 48.0 Å². The fourth-order valence-electron chi connectivity index (χ4n) is 4.17. The summed E-state index contributed by atoms with van der Waals surface area (Å²) in [6.07, 6.45) is 1.77. The lowest BCUT2D eigenvalue weighted by Crippen LogP contribution is -2.23. The largest absolute Gasteiger partial charge is 0.425 e. The van der Waals surface area contributed by atoms with E-state index < -0.39 is 5.63 Å². The summed E-state index contributed by atoms with van der Waals surface area (Å²) >= 11 is 6.37. The van der Waals surface area contributed by atoms with Crippen LogP contribution in [0, 0.1) is 6.92 Å². The highest BCUT2D eigenvalue weighted by atomic mass is 35.5. The SMILES string of the molecule is Cc1cc2oc(=O)cc(-c3ccccc3)c2c2c1[C@H](c1cccnc1Cl)CC(=O)O2. The Balaban J connectivity index is 1.88. The van der Waals surface area contributed by atoms with Crippen molar-refractivity contribution >= 4 is 28.5 Å². The van der Waals surface area contributed by atoms with Gasteiger partial charge in [0.05, 0.1) is 11.8 Å². The van der Waals surface area contributed by atoms with Crippen molar-refractivity contribution in [3.63, 3.8) is 0 Å². The Morgan fingerprint density at radius 1 is 1.07 bits per heavy atom. The summed E-state index contributed by atoms with van der Waals surface area (Å²) in [5.74, 6) is -0.263. The number of nitrogens with zero attached hydrogens (tertiary/aromatic N) is 1. The van der Waals surface area contributed by atoms with E-state index in [-0.39, 0.29) is 18.3 Å². The molecule has 0 saturated carbocycles. The average molecular weight is 418 g/mol. The summed E-state index contributed by atoms with van der Waals surface area (Å²) in [6.45, 7) is 1.91. The predicted octanol–water partition coefficient (Wildman–Crippen LogP) is 5.26. The molecule has 0 fully saturated rings. The van der Waals surface area contributed by atoms with Gasteiger partial charge in [0.25, 0.3) is 0 Å². The van der Waals surface area contributed by atoms with Crippen molar-refractivity contribution in [2.75, 3.05) is 0 Å². The average Bonchev–Trinajstić information content (AvgIpc) is 2.73. The normalized spacial score (nSPS) is 15.7. The van der Waals surface area contributed by atoms with E-state index in [1.54, 1.807) is 12.3 Å². The summed E-state index contributed by atoms with van der Waals surface area (Å²) < 4.78 is 11.2. The van der Waals surface area contributed by atoms with Gasteiger partial charge < -0.3 is 9.15 Å². The van der Waals surface area contributed by atoms with E-state index in [1.807, 2.05) is 49.4 Å². The Morgan fingerprint density at radius 3 is 2.63 bits per heavy atom. The van der Waals surface area contributed by atoms with Crippen LogP contribution in [-0.4, -0.2) is 11.0 Å². The Hall–Kier alpha value is -3.44. The molecule has 0 saturated heterocycles. The van der Waals surface area contributed by atoms with Crippen LogP contribution in [0.1, 0.15) is 29.0 Å². The lowest BCUT2D eigenvalue weighted by molar-refractivity contribution is -0.135. The molecule has 0 aliphatic carbocycles. The zero-order valence-electron chi connectivity index (χ0n) is 16.0. The van der Waals surface area contributed by atoms with Crippen LogP contribution < -0.4 is 10.4 Å². The Morgan fingerprint density at radius 2 is 1.87 bits per heavy atom. The molecule has 1 aliphatic rings. The van der Waals surface area contributed by atoms with Crippen LogP contribution in [0.3, 0.4) is 0 Å². The van der Waals surface area contributed by atoms with Crippen LogP contribution in [0.25, 0.3) is 22.1 Å². The summed E-state index contributed by atoms with van der Waals surface area (Å²) in [5, 5.41) is 0.949. The maximum absolute atomic E-state index is 12.6. The first-order valence-corrected chi connectivity index (χ1v) is 9.88. The quantitative estimate of drug-likeness (QED) is 0.192. The minimum atomic E-state index is -0.463. The smallest absolute Gasteiger partial charge is 0.336 e. The first-order chi connectivity index (χ1) is 14.5. The van der Waals surface area contributed by atoms with Crippen LogP contribution in [0.2, 0.25) is 5.15 Å². The molecule has 2 aromatic heterocycles. The molecule has 1 atom stereocenters. The number of fused-ring (bicyclic) bond motifs is 3. The molecule has 0 bridgehead atoms. The molecule has 148 valence electrons. The standard InChI is InChI=1S/C24H16ClNO4/c1-13-10-18-22(16(11-19(27)29-18)14-6-3-2-4-7-14)23-21(13)17(12-20(28)30-23)15-8-5-9-26-24(15)25/h2-11,17H,12H2,1H3/t17-/m0/s1. The molecule has 0 unspecified atom stereocenters. The summed E-state index contributed by atoms with van der Waals surface area (Å²) in [5.41, 5.74) is 3.87. The van der Waals surface area contributed by atoms with Crippen molar-refractivity contribution in [3.05, 3.63) is 93.1 Å². The lowest BCUT2D eigenvalue weighted by Gasteiger charge is -2.28. The molecular weight excluding hydrogens is 402 g/mol. The topological polar surface area (TPSA) is 69.4 Å². The molecule has 2 aromatic carbocycles. The van der Waals surface area contributed by atoms with E-state index in [9.17, 15) is 9.59 Å². The van der Waals surface area contributed by atoms with Gasteiger partial charge in [-0.3, -0.25) is 4.79 Å². The molecule has 0 radical (unpaired) electrons. The number of hydrogen-bond acceptors (Lipinski definition) is 5. The molecule has 6 heteroatoms. The summed E-state index contributed by atoms with van der Waals surface area (Å²) in [6, 6.07) is 16.4. The highest BCUT2D eigenvalue weighted by molar-refractivity contribution is 6.30. The van der Waals surface area contributed by atoms with Gasteiger partial charge in [-0.05, 0) is 35.7 Å². The molecule has 4 aromatic rings. The molecule has 1 aliphatic heterocycles. The third-order valence-electron chi connectivity index (χ3n) is 5.42.